The number of alkyl halides is 2. The van der Waals surface area contributed by atoms with Crippen LogP contribution in [-0.2, 0) is 23.9 Å². The van der Waals surface area contributed by atoms with E-state index in [1.807, 2.05) is 6.92 Å². The molecule has 2 unspecified atom stereocenters. The second kappa shape index (κ2) is 21.5. The molecule has 4 amide bonds. The van der Waals surface area contributed by atoms with Gasteiger partial charge in [0.05, 0.1) is 87.8 Å². The van der Waals surface area contributed by atoms with Gasteiger partial charge in [-0.1, -0.05) is 56.2 Å². The van der Waals surface area contributed by atoms with Gasteiger partial charge in [0, 0.05) is 44.5 Å². The normalized spacial score (nSPS) is 18.9. The van der Waals surface area contributed by atoms with Crippen LogP contribution in [0.4, 0.5) is 11.4 Å². The van der Waals surface area contributed by atoms with E-state index in [2.05, 4.69) is 55.3 Å². The lowest BCUT2D eigenvalue weighted by Crippen LogP contribution is -2.42. The van der Waals surface area contributed by atoms with Crippen LogP contribution in [0.3, 0.4) is 0 Å². The van der Waals surface area contributed by atoms with Crippen molar-refractivity contribution in [2.24, 2.45) is 4.99 Å². The Morgan fingerprint density at radius 3 is 2.24 bits per heavy atom. The maximum atomic E-state index is 13.9. The molecule has 2 saturated heterocycles. The Hall–Kier alpha value is -4.78. The molecular formula is C44H53Br2N5O11. The zero-order valence-corrected chi connectivity index (χ0v) is 38.2. The lowest BCUT2D eigenvalue weighted by molar-refractivity contribution is -0.137. The number of nitrogens with zero attached hydrogens (tertiary/aromatic N) is 4. The van der Waals surface area contributed by atoms with E-state index >= 15 is 0 Å². The first-order chi connectivity index (χ1) is 29.8. The fraction of sp³-hybridized carbons (Fsp3) is 0.500. The van der Waals surface area contributed by atoms with E-state index in [1.165, 1.54) is 0 Å². The molecule has 334 valence electrons. The predicted octanol–water partition coefficient (Wildman–Crippen LogP) is 5.39. The summed E-state index contributed by atoms with van der Waals surface area (Å²) in [7, 11) is 1.55. The van der Waals surface area contributed by atoms with Gasteiger partial charge in [-0.15, -0.1) is 0 Å². The number of halogens is 2. The van der Waals surface area contributed by atoms with Crippen molar-refractivity contribution in [3.05, 3.63) is 65.3 Å². The number of fused-ring (bicyclic) bond motifs is 4. The minimum Gasteiger partial charge on any atom is -0.493 e. The number of aryl methyl sites for hydroxylation is 1. The summed E-state index contributed by atoms with van der Waals surface area (Å²) in [6, 6.07) is 6.75. The zero-order valence-electron chi connectivity index (χ0n) is 35.0. The summed E-state index contributed by atoms with van der Waals surface area (Å²) in [5.41, 5.74) is 4.70. The number of carboxylic acid groups (broad SMARTS) is 1. The van der Waals surface area contributed by atoms with Crippen LogP contribution in [0.2, 0.25) is 0 Å². The highest BCUT2D eigenvalue weighted by Gasteiger charge is 2.40. The Labute approximate surface area is 377 Å². The second-order valence-electron chi connectivity index (χ2n) is 15.6. The van der Waals surface area contributed by atoms with Crippen LogP contribution in [0.15, 0.2) is 53.6 Å². The number of hydrogen-bond acceptors (Lipinski definition) is 11. The highest BCUT2D eigenvalue weighted by atomic mass is 79.9. The van der Waals surface area contributed by atoms with Crippen LogP contribution < -0.4 is 24.4 Å². The standard InChI is InChI=1S/C44H53Br2N5O11/c1-26-16-29-22-48-33-20-37(36(58-4)19-31(33)42(54)49(29)23-26)62-11-7-5-6-10-61-35-21-34-32(18-28(35)3)43(55)50-24-27(2)17-30(50)25-51(34)38(52)8-12-59-14-15-60-13-9-47-41(53)39(45)40(46)44(56)57/h18-22,29-30,39-40H,1-2,5-17,23-25H2,3-4H3,(H,47,53)(H,56,57)/t29-,30-,39?,40?/m0/s1. The van der Waals surface area contributed by atoms with Crippen LogP contribution in [0, 0.1) is 6.92 Å². The lowest BCUT2D eigenvalue weighted by atomic mass is 10.1. The summed E-state index contributed by atoms with van der Waals surface area (Å²) in [5.74, 6) is -0.489. The fourth-order valence-electron chi connectivity index (χ4n) is 7.77. The molecule has 4 atom stereocenters. The van der Waals surface area contributed by atoms with Gasteiger partial charge in [-0.3, -0.25) is 29.0 Å². The largest absolute Gasteiger partial charge is 0.493 e. The van der Waals surface area contributed by atoms with E-state index in [-0.39, 0.29) is 69.2 Å². The van der Waals surface area contributed by atoms with Gasteiger partial charge < -0.3 is 48.8 Å². The average molecular weight is 988 g/mol. The summed E-state index contributed by atoms with van der Waals surface area (Å²) in [5, 5.41) is 11.6. The molecule has 2 fully saturated rings. The van der Waals surface area contributed by atoms with Gasteiger partial charge in [-0.25, -0.2) is 0 Å². The van der Waals surface area contributed by atoms with Crippen molar-refractivity contribution in [1.82, 2.24) is 15.1 Å². The van der Waals surface area contributed by atoms with E-state index < -0.39 is 21.5 Å². The Kier molecular flexibility index (Phi) is 16.2. The predicted molar refractivity (Wildman–Crippen MR) is 239 cm³/mol. The molecule has 4 aliphatic heterocycles. The van der Waals surface area contributed by atoms with Crippen molar-refractivity contribution in [1.29, 1.82) is 0 Å². The van der Waals surface area contributed by atoms with E-state index in [0.717, 1.165) is 36.0 Å². The minimum absolute atomic E-state index is 0.0751. The molecule has 62 heavy (non-hydrogen) atoms. The maximum Gasteiger partial charge on any atom is 0.318 e. The monoisotopic (exact) mass is 985 g/mol. The molecule has 18 heteroatoms. The fourth-order valence-corrected chi connectivity index (χ4v) is 8.40. The van der Waals surface area contributed by atoms with Crippen LogP contribution in [0.1, 0.15) is 64.8 Å². The molecule has 6 rings (SSSR count). The number of hydrogen-bond donors (Lipinski definition) is 2. The topological polar surface area (TPSA) is 186 Å². The minimum atomic E-state index is -1.16. The van der Waals surface area contributed by atoms with Gasteiger partial charge in [0.1, 0.15) is 15.4 Å². The molecule has 4 aliphatic rings. The van der Waals surface area contributed by atoms with Crippen LogP contribution in [-0.4, -0.2) is 145 Å². The number of carbonyl (C=O) groups excluding carboxylic acids is 4. The maximum absolute atomic E-state index is 13.9. The van der Waals surface area contributed by atoms with E-state index in [9.17, 15) is 24.0 Å². The number of anilines is 1. The highest BCUT2D eigenvalue weighted by Crippen LogP contribution is 2.40. The number of nitrogens with one attached hydrogen (secondary N) is 1. The van der Waals surface area contributed by atoms with Crippen molar-refractivity contribution < 1.29 is 52.8 Å². The quantitative estimate of drug-likeness (QED) is 0.0929. The summed E-state index contributed by atoms with van der Waals surface area (Å²) in [6.07, 6.45) is 5.48. The van der Waals surface area contributed by atoms with E-state index in [0.29, 0.717) is 85.4 Å². The lowest BCUT2D eigenvalue weighted by Gasteiger charge is -2.26. The Bertz CT molecular complexity index is 2100. The zero-order chi connectivity index (χ0) is 44.5. The van der Waals surface area contributed by atoms with Crippen molar-refractivity contribution in [2.45, 2.75) is 67.2 Å². The number of aliphatic carboxylic acids is 1. The number of rotatable bonds is 21. The number of carboxylic acids is 1. The van der Waals surface area contributed by atoms with Crippen LogP contribution in [0.5, 0.6) is 17.2 Å². The number of benzene rings is 2. The first-order valence-electron chi connectivity index (χ1n) is 20.6. The SMILES string of the molecule is C=C1C[C@H]2CN(C(=O)CCOCCOCCNC(=O)C(Br)C(Br)C(=O)O)c3cc(OCCCCCOc4cc5c(cc4OC)C(=O)N4CC(=C)C[C@H]4C=N5)c(C)cc3C(=O)N2C1. The first-order valence-corrected chi connectivity index (χ1v) is 22.5. The highest BCUT2D eigenvalue weighted by molar-refractivity contribution is 9.12. The molecule has 16 nitrogen and oxygen atoms in total. The molecule has 0 radical (unpaired) electrons. The number of ether oxygens (including phenoxy) is 5. The molecule has 0 aromatic heterocycles. The molecule has 0 saturated carbocycles. The van der Waals surface area contributed by atoms with Gasteiger partial charge in [0.25, 0.3) is 11.8 Å². The number of carbonyl (C=O) groups is 5. The smallest absolute Gasteiger partial charge is 0.318 e. The van der Waals surface area contributed by atoms with Gasteiger partial charge in [-0.2, -0.15) is 0 Å². The molecule has 2 aromatic carbocycles. The van der Waals surface area contributed by atoms with Gasteiger partial charge in [0.15, 0.2) is 11.5 Å². The molecule has 0 spiro atoms. The van der Waals surface area contributed by atoms with Gasteiger partial charge in [0.2, 0.25) is 11.8 Å². The number of unbranched alkanes of at least 4 members (excludes halogenated alkanes) is 2. The third kappa shape index (κ3) is 11.2. The first kappa shape index (κ1) is 46.7. The summed E-state index contributed by atoms with van der Waals surface area (Å²) in [6.45, 7) is 13.1. The molecule has 4 heterocycles. The average Bonchev–Trinajstić information content (AvgIpc) is 3.76. The van der Waals surface area contributed by atoms with Crippen molar-refractivity contribution in [3.8, 4) is 17.2 Å². The molecule has 0 aliphatic carbocycles. The molecule has 2 N–H and O–H groups in total. The third-order valence-electron chi connectivity index (χ3n) is 11.0. The Morgan fingerprint density at radius 1 is 0.839 bits per heavy atom. The molecule has 0 bridgehead atoms. The number of amides is 4. The Balaban J connectivity index is 0.974. The second-order valence-corrected chi connectivity index (χ2v) is 17.6. The summed E-state index contributed by atoms with van der Waals surface area (Å²) >= 11 is 6.02. The van der Waals surface area contributed by atoms with Gasteiger partial charge >= 0.3 is 5.97 Å². The van der Waals surface area contributed by atoms with Crippen LogP contribution in [0.25, 0.3) is 0 Å². The molecule has 2 aromatic rings. The van der Waals surface area contributed by atoms with Crippen LogP contribution >= 0.6 is 31.9 Å². The van der Waals surface area contributed by atoms with Gasteiger partial charge in [-0.05, 0) is 56.7 Å². The Morgan fingerprint density at radius 2 is 1.52 bits per heavy atom. The molecular weight excluding hydrogens is 934 g/mol. The summed E-state index contributed by atoms with van der Waals surface area (Å²) < 4.78 is 29.1. The number of aliphatic imine (C=N–C) groups is 1. The third-order valence-corrected chi connectivity index (χ3v) is 13.6. The number of methoxy groups -OCH3 is 1. The summed E-state index contributed by atoms with van der Waals surface area (Å²) in [4.78, 5) is 71.9. The van der Waals surface area contributed by atoms with Crippen molar-refractivity contribution in [3.63, 3.8) is 0 Å². The van der Waals surface area contributed by atoms with Crippen molar-refractivity contribution in [2.75, 3.05) is 77.8 Å². The van der Waals surface area contributed by atoms with E-state index in [1.54, 1.807) is 52.3 Å². The van der Waals surface area contributed by atoms with E-state index in [4.69, 9.17) is 28.8 Å². The van der Waals surface area contributed by atoms with Crippen molar-refractivity contribution >= 4 is 79.0 Å².